The molecule has 0 bridgehead atoms. The summed E-state index contributed by atoms with van der Waals surface area (Å²) in [5.41, 5.74) is 0.248. The van der Waals surface area contributed by atoms with Gasteiger partial charge in [0.05, 0.1) is 4.92 Å². The second-order valence-electron chi connectivity index (χ2n) is 4.45. The maximum Gasteiger partial charge on any atom is 0.292 e. The zero-order chi connectivity index (χ0) is 14.6. The van der Waals surface area contributed by atoms with E-state index in [2.05, 4.69) is 26.6 Å². The Morgan fingerprint density at radius 2 is 2.00 bits per heavy atom. The predicted octanol–water partition coefficient (Wildman–Crippen LogP) is 2.68. The number of rotatable bonds is 5. The first-order valence-electron chi connectivity index (χ1n) is 5.82. The van der Waals surface area contributed by atoms with Crippen LogP contribution in [-0.4, -0.2) is 22.9 Å². The van der Waals surface area contributed by atoms with Crippen molar-refractivity contribution < 1.29 is 9.72 Å². The average molecular weight is 330 g/mol. The number of amides is 1. The Morgan fingerprint density at radius 1 is 1.37 bits per heavy atom. The van der Waals surface area contributed by atoms with Gasteiger partial charge in [-0.25, -0.2) is 0 Å². The lowest BCUT2D eigenvalue weighted by Crippen LogP contribution is -2.41. The lowest BCUT2D eigenvalue weighted by Gasteiger charge is -2.17. The minimum Gasteiger partial charge on any atom is -0.368 e. The molecule has 1 amide bonds. The molecule has 104 valence electrons. The largest absolute Gasteiger partial charge is 0.368 e. The Kier molecular flexibility index (Phi) is 5.29. The van der Waals surface area contributed by atoms with E-state index >= 15 is 0 Å². The van der Waals surface area contributed by atoms with E-state index in [0.717, 1.165) is 0 Å². The standard InChI is InChI=1S/C12H16BrN3O3/c1-7(2)14-12(17)8(3)15-10-6-9(13)4-5-11(10)16(18)19/h4-8,15H,1-3H3,(H,14,17). The number of hydrogen-bond acceptors (Lipinski definition) is 4. The summed E-state index contributed by atoms with van der Waals surface area (Å²) in [7, 11) is 0. The number of nitrogens with zero attached hydrogens (tertiary/aromatic N) is 1. The molecule has 0 aliphatic carbocycles. The van der Waals surface area contributed by atoms with Gasteiger partial charge in [-0.15, -0.1) is 0 Å². The number of carbonyl (C=O) groups excluding carboxylic acids is 1. The van der Waals surface area contributed by atoms with E-state index in [0.29, 0.717) is 10.2 Å². The number of nitro groups is 1. The number of hydrogen-bond donors (Lipinski definition) is 2. The minimum absolute atomic E-state index is 0.0224. The monoisotopic (exact) mass is 329 g/mol. The van der Waals surface area contributed by atoms with Gasteiger partial charge in [-0.2, -0.15) is 0 Å². The molecule has 1 unspecified atom stereocenters. The van der Waals surface area contributed by atoms with Crippen LogP contribution in [0.2, 0.25) is 0 Å². The summed E-state index contributed by atoms with van der Waals surface area (Å²) < 4.78 is 0.706. The number of nitrogens with one attached hydrogen (secondary N) is 2. The summed E-state index contributed by atoms with van der Waals surface area (Å²) >= 11 is 3.25. The van der Waals surface area contributed by atoms with Crippen molar-refractivity contribution in [2.75, 3.05) is 5.32 Å². The molecule has 0 aliphatic rings. The molecule has 7 heteroatoms. The van der Waals surface area contributed by atoms with Crippen molar-refractivity contribution in [1.29, 1.82) is 0 Å². The van der Waals surface area contributed by atoms with Crippen LogP contribution in [0, 0.1) is 10.1 Å². The summed E-state index contributed by atoms with van der Waals surface area (Å²) in [5.74, 6) is -0.204. The van der Waals surface area contributed by atoms with Crippen LogP contribution >= 0.6 is 15.9 Å². The van der Waals surface area contributed by atoms with Gasteiger partial charge < -0.3 is 10.6 Å². The smallest absolute Gasteiger partial charge is 0.292 e. The normalized spacial score (nSPS) is 12.1. The molecule has 0 spiro atoms. The summed E-state index contributed by atoms with van der Waals surface area (Å²) in [6.45, 7) is 5.36. The Hall–Kier alpha value is -1.63. The van der Waals surface area contributed by atoms with Gasteiger partial charge in [0.2, 0.25) is 5.91 Å². The number of benzene rings is 1. The van der Waals surface area contributed by atoms with Crippen molar-refractivity contribution in [3.63, 3.8) is 0 Å². The highest BCUT2D eigenvalue weighted by molar-refractivity contribution is 9.10. The lowest BCUT2D eigenvalue weighted by atomic mass is 10.2. The minimum atomic E-state index is -0.560. The molecule has 6 nitrogen and oxygen atoms in total. The third-order valence-electron chi connectivity index (χ3n) is 2.35. The van der Waals surface area contributed by atoms with Gasteiger partial charge in [-0.3, -0.25) is 14.9 Å². The predicted molar refractivity (Wildman–Crippen MR) is 77.2 cm³/mol. The van der Waals surface area contributed by atoms with Gasteiger partial charge >= 0.3 is 0 Å². The maximum atomic E-state index is 11.8. The highest BCUT2D eigenvalue weighted by atomic mass is 79.9. The van der Waals surface area contributed by atoms with E-state index in [1.807, 2.05) is 13.8 Å². The Balaban J connectivity index is 2.89. The maximum absolute atomic E-state index is 11.8. The van der Waals surface area contributed by atoms with E-state index < -0.39 is 11.0 Å². The average Bonchev–Trinajstić information content (AvgIpc) is 2.27. The van der Waals surface area contributed by atoms with Crippen molar-refractivity contribution in [2.45, 2.75) is 32.9 Å². The SMILES string of the molecule is CC(C)NC(=O)C(C)Nc1cc(Br)ccc1[N+](=O)[O-]. The summed E-state index contributed by atoms with van der Waals surface area (Å²) in [6, 6.07) is 4.02. The highest BCUT2D eigenvalue weighted by Crippen LogP contribution is 2.28. The first-order chi connectivity index (χ1) is 8.81. The van der Waals surface area contributed by atoms with E-state index in [9.17, 15) is 14.9 Å². The second kappa shape index (κ2) is 6.51. The zero-order valence-corrected chi connectivity index (χ0v) is 12.5. The molecule has 1 aromatic carbocycles. The van der Waals surface area contributed by atoms with Gasteiger partial charge in [0.15, 0.2) is 0 Å². The molecular formula is C12H16BrN3O3. The van der Waals surface area contributed by atoms with Crippen LogP contribution in [0.5, 0.6) is 0 Å². The molecule has 0 radical (unpaired) electrons. The number of carbonyl (C=O) groups is 1. The summed E-state index contributed by atoms with van der Waals surface area (Å²) in [5, 5.41) is 16.5. The van der Waals surface area contributed by atoms with Crippen molar-refractivity contribution >= 4 is 33.2 Å². The molecule has 0 aliphatic heterocycles. The van der Waals surface area contributed by atoms with Crippen LogP contribution in [0.3, 0.4) is 0 Å². The van der Waals surface area contributed by atoms with Crippen LogP contribution in [0.25, 0.3) is 0 Å². The fraction of sp³-hybridized carbons (Fsp3) is 0.417. The van der Waals surface area contributed by atoms with Gasteiger partial charge in [-0.1, -0.05) is 15.9 Å². The number of halogens is 1. The Bertz CT molecular complexity index is 491. The Labute approximate surface area is 119 Å². The quantitative estimate of drug-likeness (QED) is 0.642. The van der Waals surface area contributed by atoms with Crippen LogP contribution in [0.4, 0.5) is 11.4 Å². The first-order valence-corrected chi connectivity index (χ1v) is 6.61. The van der Waals surface area contributed by atoms with Crippen molar-refractivity contribution in [1.82, 2.24) is 5.32 Å². The fourth-order valence-electron chi connectivity index (χ4n) is 1.49. The van der Waals surface area contributed by atoms with Crippen molar-refractivity contribution in [3.05, 3.63) is 32.8 Å². The highest BCUT2D eigenvalue weighted by Gasteiger charge is 2.19. The molecule has 1 aromatic rings. The van der Waals surface area contributed by atoms with Crippen molar-refractivity contribution in [3.8, 4) is 0 Å². The lowest BCUT2D eigenvalue weighted by molar-refractivity contribution is -0.384. The molecule has 0 saturated carbocycles. The second-order valence-corrected chi connectivity index (χ2v) is 5.36. The zero-order valence-electron chi connectivity index (χ0n) is 10.9. The van der Waals surface area contributed by atoms with Crippen LogP contribution < -0.4 is 10.6 Å². The van der Waals surface area contributed by atoms with E-state index in [1.54, 1.807) is 19.1 Å². The van der Waals surface area contributed by atoms with Crippen LogP contribution in [0.15, 0.2) is 22.7 Å². The number of anilines is 1. The molecule has 0 saturated heterocycles. The van der Waals surface area contributed by atoms with Crippen LogP contribution in [0.1, 0.15) is 20.8 Å². The van der Waals surface area contributed by atoms with Gasteiger partial charge in [0.25, 0.3) is 5.69 Å². The third-order valence-corrected chi connectivity index (χ3v) is 2.84. The topological polar surface area (TPSA) is 84.3 Å². The molecule has 0 fully saturated rings. The molecule has 1 rings (SSSR count). The molecule has 2 N–H and O–H groups in total. The summed E-state index contributed by atoms with van der Waals surface area (Å²) in [4.78, 5) is 22.2. The molecule has 0 aromatic heterocycles. The van der Waals surface area contributed by atoms with E-state index in [4.69, 9.17) is 0 Å². The first kappa shape index (κ1) is 15.4. The van der Waals surface area contributed by atoms with E-state index in [-0.39, 0.29) is 17.6 Å². The molecule has 0 heterocycles. The Morgan fingerprint density at radius 3 is 2.53 bits per heavy atom. The van der Waals surface area contributed by atoms with Crippen molar-refractivity contribution in [2.24, 2.45) is 0 Å². The van der Waals surface area contributed by atoms with E-state index in [1.165, 1.54) is 6.07 Å². The summed E-state index contributed by atoms with van der Waals surface area (Å²) in [6.07, 6.45) is 0. The van der Waals surface area contributed by atoms with Crippen LogP contribution in [-0.2, 0) is 4.79 Å². The van der Waals surface area contributed by atoms with Gasteiger partial charge in [0, 0.05) is 16.6 Å². The molecular weight excluding hydrogens is 314 g/mol. The molecule has 19 heavy (non-hydrogen) atoms. The number of nitro benzene ring substituents is 1. The van der Waals surface area contributed by atoms with Gasteiger partial charge in [-0.05, 0) is 32.9 Å². The van der Waals surface area contributed by atoms with Gasteiger partial charge in [0.1, 0.15) is 11.7 Å². The molecule has 1 atom stereocenters. The fourth-order valence-corrected chi connectivity index (χ4v) is 1.85. The third kappa shape index (κ3) is 4.51.